The first-order chi connectivity index (χ1) is 9.83. The first-order valence-corrected chi connectivity index (χ1v) is 7.68. The van der Waals surface area contributed by atoms with Gasteiger partial charge in [0.2, 0.25) is 0 Å². The fraction of sp³-hybridized carbons (Fsp3) is 0.375. The number of rotatable bonds is 1. The highest BCUT2D eigenvalue weighted by Gasteiger charge is 2.16. The summed E-state index contributed by atoms with van der Waals surface area (Å²) in [5.41, 5.74) is -0.524. The molecule has 1 N–H and O–H groups in total. The zero-order valence-electron chi connectivity index (χ0n) is 13.0. The van der Waals surface area contributed by atoms with Gasteiger partial charge in [0.05, 0.1) is 0 Å². The van der Waals surface area contributed by atoms with E-state index >= 15 is 0 Å². The predicted octanol–water partition coefficient (Wildman–Crippen LogP) is 5.37. The van der Waals surface area contributed by atoms with Crippen LogP contribution >= 0.6 is 15.9 Å². The van der Waals surface area contributed by atoms with E-state index < -0.39 is 11.7 Å². The zero-order chi connectivity index (χ0) is 16.0. The van der Waals surface area contributed by atoms with E-state index in [1.165, 1.54) is 0 Å². The highest BCUT2D eigenvalue weighted by atomic mass is 79.9. The number of nitrogens with one attached hydrogen (secondary N) is 1. The van der Waals surface area contributed by atoms with Crippen LogP contribution in [0, 0.1) is 0 Å². The second-order valence-electron chi connectivity index (χ2n) is 5.19. The van der Waals surface area contributed by atoms with E-state index in [1.54, 1.807) is 6.20 Å². The number of benzene rings is 1. The van der Waals surface area contributed by atoms with Gasteiger partial charge in [0.1, 0.15) is 11.4 Å². The summed E-state index contributed by atoms with van der Waals surface area (Å²) in [6.45, 7) is 9.45. The molecule has 4 nitrogen and oxygen atoms in total. The standard InChI is InChI=1S/C14H15BrN2O2.C2H6/c1-14(2,3)19-13(18)17-12-7-10-6-11(15)5-4-9(10)8-16-12;1-2/h4-8H,1-3H3,(H,16,17,18);1-2H3. The van der Waals surface area contributed by atoms with Crippen LogP contribution < -0.4 is 5.32 Å². The van der Waals surface area contributed by atoms with Crippen molar-refractivity contribution >= 4 is 38.6 Å². The Kier molecular flexibility index (Phi) is 6.15. The summed E-state index contributed by atoms with van der Waals surface area (Å²) >= 11 is 3.42. The summed E-state index contributed by atoms with van der Waals surface area (Å²) in [6, 6.07) is 7.69. The molecule has 1 aromatic heterocycles. The maximum absolute atomic E-state index is 11.6. The molecule has 1 amide bonds. The molecule has 0 fully saturated rings. The van der Waals surface area contributed by atoms with Gasteiger partial charge in [0.15, 0.2) is 0 Å². The maximum Gasteiger partial charge on any atom is 0.413 e. The zero-order valence-corrected chi connectivity index (χ0v) is 14.6. The van der Waals surface area contributed by atoms with E-state index in [-0.39, 0.29) is 0 Å². The Labute approximate surface area is 134 Å². The number of ether oxygens (including phenoxy) is 1. The summed E-state index contributed by atoms with van der Waals surface area (Å²) in [4.78, 5) is 15.8. The van der Waals surface area contributed by atoms with Gasteiger partial charge in [-0.1, -0.05) is 35.8 Å². The van der Waals surface area contributed by atoms with Crippen molar-refractivity contribution in [1.82, 2.24) is 4.98 Å². The molecule has 21 heavy (non-hydrogen) atoms. The van der Waals surface area contributed by atoms with Crippen molar-refractivity contribution in [3.63, 3.8) is 0 Å². The molecule has 0 atom stereocenters. The molecule has 0 aliphatic heterocycles. The minimum absolute atomic E-state index is 0.472. The van der Waals surface area contributed by atoms with Gasteiger partial charge in [0.25, 0.3) is 0 Å². The van der Waals surface area contributed by atoms with Gasteiger partial charge >= 0.3 is 6.09 Å². The molecule has 1 aromatic carbocycles. The van der Waals surface area contributed by atoms with Crippen LogP contribution in [0.25, 0.3) is 10.8 Å². The second kappa shape index (κ2) is 7.41. The molecule has 2 rings (SSSR count). The predicted molar refractivity (Wildman–Crippen MR) is 90.6 cm³/mol. The van der Waals surface area contributed by atoms with Gasteiger partial charge < -0.3 is 4.74 Å². The number of carbonyl (C=O) groups excluding carboxylic acids is 1. The van der Waals surface area contributed by atoms with Crippen molar-refractivity contribution in [2.75, 3.05) is 5.32 Å². The molecule has 0 unspecified atom stereocenters. The highest BCUT2D eigenvalue weighted by molar-refractivity contribution is 9.10. The number of anilines is 1. The maximum atomic E-state index is 11.6. The van der Waals surface area contributed by atoms with Crippen LogP contribution in [0.2, 0.25) is 0 Å². The van der Waals surface area contributed by atoms with Gasteiger partial charge in [0, 0.05) is 16.1 Å². The van der Waals surface area contributed by atoms with Crippen LogP contribution in [-0.2, 0) is 4.74 Å². The number of hydrogen-bond acceptors (Lipinski definition) is 3. The third-order valence-electron chi connectivity index (χ3n) is 2.31. The Balaban J connectivity index is 0.00000106. The quantitative estimate of drug-likeness (QED) is 0.750. The van der Waals surface area contributed by atoms with Crippen molar-refractivity contribution in [2.45, 2.75) is 40.2 Å². The number of nitrogens with zero attached hydrogens (tertiary/aromatic N) is 1. The van der Waals surface area contributed by atoms with Crippen molar-refractivity contribution in [1.29, 1.82) is 0 Å². The van der Waals surface area contributed by atoms with E-state index in [0.29, 0.717) is 5.82 Å². The molecule has 1 heterocycles. The van der Waals surface area contributed by atoms with Crippen LogP contribution in [0.5, 0.6) is 0 Å². The molecule has 0 aliphatic rings. The number of halogens is 1. The number of aromatic nitrogens is 1. The lowest BCUT2D eigenvalue weighted by atomic mass is 10.2. The second-order valence-corrected chi connectivity index (χ2v) is 6.10. The fourth-order valence-corrected chi connectivity index (χ4v) is 1.97. The van der Waals surface area contributed by atoms with E-state index in [1.807, 2.05) is 58.9 Å². The van der Waals surface area contributed by atoms with Crippen LogP contribution in [0.3, 0.4) is 0 Å². The lowest BCUT2D eigenvalue weighted by molar-refractivity contribution is 0.0635. The topological polar surface area (TPSA) is 51.2 Å². The summed E-state index contributed by atoms with van der Waals surface area (Å²) in [7, 11) is 0. The lowest BCUT2D eigenvalue weighted by Gasteiger charge is -2.19. The molecular weight excluding hydrogens is 332 g/mol. The Hall–Kier alpha value is -1.62. The number of amides is 1. The van der Waals surface area contributed by atoms with E-state index in [2.05, 4.69) is 26.2 Å². The van der Waals surface area contributed by atoms with Crippen LogP contribution in [0.4, 0.5) is 10.6 Å². The summed E-state index contributed by atoms with van der Waals surface area (Å²) in [5, 5.41) is 4.63. The highest BCUT2D eigenvalue weighted by Crippen LogP contribution is 2.21. The van der Waals surface area contributed by atoms with E-state index in [9.17, 15) is 4.79 Å². The Bertz CT molecular complexity index is 621. The minimum atomic E-state index is -0.524. The third-order valence-corrected chi connectivity index (χ3v) is 2.81. The normalized spacial score (nSPS) is 10.6. The average Bonchev–Trinajstić information content (AvgIpc) is 2.38. The molecule has 0 bridgehead atoms. The minimum Gasteiger partial charge on any atom is -0.444 e. The van der Waals surface area contributed by atoms with E-state index in [0.717, 1.165) is 15.2 Å². The van der Waals surface area contributed by atoms with Gasteiger partial charge in [-0.25, -0.2) is 9.78 Å². The van der Waals surface area contributed by atoms with Gasteiger partial charge in [-0.3, -0.25) is 5.32 Å². The summed E-state index contributed by atoms with van der Waals surface area (Å²) < 4.78 is 6.16. The Morgan fingerprint density at radius 1 is 1.19 bits per heavy atom. The fourth-order valence-electron chi connectivity index (χ4n) is 1.59. The number of fused-ring (bicyclic) bond motifs is 1. The monoisotopic (exact) mass is 352 g/mol. The SMILES string of the molecule is CC.CC(C)(C)OC(=O)Nc1cc2cc(Br)ccc2cn1. The summed E-state index contributed by atoms with van der Waals surface area (Å²) in [5.74, 6) is 0.472. The largest absolute Gasteiger partial charge is 0.444 e. The molecule has 0 saturated carbocycles. The third kappa shape index (κ3) is 5.71. The van der Waals surface area contributed by atoms with Crippen LogP contribution in [0.1, 0.15) is 34.6 Å². The molecule has 114 valence electrons. The molecular formula is C16H21BrN2O2. The smallest absolute Gasteiger partial charge is 0.413 e. The van der Waals surface area contributed by atoms with Gasteiger partial charge in [-0.05, 0) is 44.4 Å². The van der Waals surface area contributed by atoms with Crippen molar-refractivity contribution in [3.05, 3.63) is 34.9 Å². The first-order valence-electron chi connectivity index (χ1n) is 6.89. The van der Waals surface area contributed by atoms with Gasteiger partial charge in [-0.2, -0.15) is 0 Å². The molecule has 2 aromatic rings. The Morgan fingerprint density at radius 2 is 1.86 bits per heavy atom. The average molecular weight is 353 g/mol. The lowest BCUT2D eigenvalue weighted by Crippen LogP contribution is -2.27. The molecule has 5 heteroatoms. The Morgan fingerprint density at radius 3 is 2.48 bits per heavy atom. The van der Waals surface area contributed by atoms with Crippen molar-refractivity contribution in [3.8, 4) is 0 Å². The van der Waals surface area contributed by atoms with Gasteiger partial charge in [-0.15, -0.1) is 0 Å². The first kappa shape index (κ1) is 17.4. The number of hydrogen-bond donors (Lipinski definition) is 1. The molecule has 0 saturated heterocycles. The van der Waals surface area contributed by atoms with E-state index in [4.69, 9.17) is 4.74 Å². The number of pyridine rings is 1. The number of carbonyl (C=O) groups is 1. The van der Waals surface area contributed by atoms with Crippen molar-refractivity contribution in [2.24, 2.45) is 0 Å². The molecule has 0 radical (unpaired) electrons. The van der Waals surface area contributed by atoms with Crippen molar-refractivity contribution < 1.29 is 9.53 Å². The molecule has 0 aliphatic carbocycles. The van der Waals surface area contributed by atoms with Crippen LogP contribution in [0.15, 0.2) is 34.9 Å². The van der Waals surface area contributed by atoms with Crippen LogP contribution in [-0.4, -0.2) is 16.7 Å². The molecule has 0 spiro atoms. The summed E-state index contributed by atoms with van der Waals surface area (Å²) in [6.07, 6.45) is 1.21.